The Morgan fingerprint density at radius 2 is 1.69 bits per heavy atom. The molecule has 1 aliphatic rings. The number of ether oxygens (including phenoxy) is 1. The summed E-state index contributed by atoms with van der Waals surface area (Å²) in [7, 11) is -3.86. The van der Waals surface area contributed by atoms with Crippen LogP contribution in [0.1, 0.15) is 41.6 Å². The Morgan fingerprint density at radius 1 is 0.969 bits per heavy atom. The molecule has 3 amide bonds. The maximum Gasteiger partial charge on any atom is 0.338 e. The predicted octanol–water partition coefficient (Wildman–Crippen LogP) is 2.09. The summed E-state index contributed by atoms with van der Waals surface area (Å²) < 4.78 is 32.5. The lowest BCUT2D eigenvalue weighted by Gasteiger charge is -2.12. The first-order valence-corrected chi connectivity index (χ1v) is 11.7. The van der Waals surface area contributed by atoms with Gasteiger partial charge in [-0.05, 0) is 36.6 Å². The summed E-state index contributed by atoms with van der Waals surface area (Å²) in [6.07, 6.45) is 3.81. The van der Waals surface area contributed by atoms with Crippen molar-refractivity contribution >= 4 is 27.9 Å². The molecule has 1 aliphatic carbocycles. The van der Waals surface area contributed by atoms with Gasteiger partial charge in [0.25, 0.3) is 5.91 Å². The molecular formula is C22H25N3O6S. The number of rotatable bonds is 8. The molecule has 1 fully saturated rings. The van der Waals surface area contributed by atoms with Crippen molar-refractivity contribution in [2.75, 3.05) is 6.61 Å². The fourth-order valence-corrected chi connectivity index (χ4v) is 4.38. The van der Waals surface area contributed by atoms with Gasteiger partial charge in [-0.1, -0.05) is 49.2 Å². The minimum absolute atomic E-state index is 0.0317. The Bertz CT molecular complexity index is 1070. The summed E-state index contributed by atoms with van der Waals surface area (Å²) in [5.41, 5.74) is 0.755. The highest BCUT2D eigenvalue weighted by molar-refractivity contribution is 7.89. The van der Waals surface area contributed by atoms with Crippen molar-refractivity contribution in [1.29, 1.82) is 0 Å². The number of imide groups is 1. The van der Waals surface area contributed by atoms with Gasteiger partial charge in [0.2, 0.25) is 10.0 Å². The van der Waals surface area contributed by atoms with Gasteiger partial charge in [0, 0.05) is 12.6 Å². The number of esters is 1. The normalized spacial score (nSPS) is 14.0. The van der Waals surface area contributed by atoms with Crippen LogP contribution in [-0.2, 0) is 26.1 Å². The average molecular weight is 460 g/mol. The van der Waals surface area contributed by atoms with Crippen LogP contribution in [0.5, 0.6) is 0 Å². The van der Waals surface area contributed by atoms with Gasteiger partial charge in [-0.3, -0.25) is 10.1 Å². The largest absolute Gasteiger partial charge is 0.452 e. The third kappa shape index (κ3) is 6.89. The highest BCUT2D eigenvalue weighted by atomic mass is 32.2. The number of urea groups is 1. The Labute approximate surface area is 186 Å². The second-order valence-electron chi connectivity index (χ2n) is 7.42. The predicted molar refractivity (Wildman–Crippen MR) is 116 cm³/mol. The summed E-state index contributed by atoms with van der Waals surface area (Å²) in [6.45, 7) is -0.568. The molecule has 0 aliphatic heterocycles. The van der Waals surface area contributed by atoms with Gasteiger partial charge >= 0.3 is 12.0 Å². The Hall–Kier alpha value is -3.24. The third-order valence-corrected chi connectivity index (χ3v) is 6.37. The van der Waals surface area contributed by atoms with E-state index in [9.17, 15) is 22.8 Å². The van der Waals surface area contributed by atoms with E-state index in [4.69, 9.17) is 4.74 Å². The lowest BCUT2D eigenvalue weighted by Crippen LogP contribution is -2.45. The zero-order chi connectivity index (χ0) is 23.0. The van der Waals surface area contributed by atoms with Crippen LogP contribution in [0.2, 0.25) is 0 Å². The van der Waals surface area contributed by atoms with Gasteiger partial charge in [0.05, 0.1) is 10.5 Å². The van der Waals surface area contributed by atoms with Crippen LogP contribution in [0.15, 0.2) is 59.5 Å². The second kappa shape index (κ2) is 10.9. The number of hydrogen-bond donors (Lipinski definition) is 3. The molecule has 2 aromatic rings. The molecule has 3 N–H and O–H groups in total. The summed E-state index contributed by atoms with van der Waals surface area (Å²) in [5.74, 6) is -1.65. The molecular weight excluding hydrogens is 434 g/mol. The van der Waals surface area contributed by atoms with E-state index in [1.54, 1.807) is 24.3 Å². The number of amides is 3. The van der Waals surface area contributed by atoms with Gasteiger partial charge in [-0.2, -0.15) is 0 Å². The van der Waals surface area contributed by atoms with Crippen molar-refractivity contribution in [1.82, 2.24) is 15.4 Å². The summed E-state index contributed by atoms with van der Waals surface area (Å²) >= 11 is 0. The van der Waals surface area contributed by atoms with E-state index in [-0.39, 0.29) is 23.0 Å². The van der Waals surface area contributed by atoms with Gasteiger partial charge in [-0.25, -0.2) is 22.7 Å². The number of carbonyl (C=O) groups is 3. The van der Waals surface area contributed by atoms with Gasteiger partial charge in [0.1, 0.15) is 0 Å². The molecule has 9 nitrogen and oxygen atoms in total. The molecule has 2 aromatic carbocycles. The van der Waals surface area contributed by atoms with E-state index in [1.807, 2.05) is 6.07 Å². The Kier molecular flexibility index (Phi) is 7.96. The zero-order valence-electron chi connectivity index (χ0n) is 17.4. The number of sulfonamides is 1. The molecule has 0 aromatic heterocycles. The smallest absolute Gasteiger partial charge is 0.338 e. The molecule has 3 rings (SSSR count). The van der Waals surface area contributed by atoms with E-state index in [1.165, 1.54) is 24.3 Å². The van der Waals surface area contributed by atoms with Crippen LogP contribution in [0.4, 0.5) is 4.79 Å². The Balaban J connectivity index is 1.51. The maximum absolute atomic E-state index is 12.5. The fraction of sp³-hybridized carbons (Fsp3) is 0.318. The van der Waals surface area contributed by atoms with E-state index in [2.05, 4.69) is 15.4 Å². The second-order valence-corrected chi connectivity index (χ2v) is 9.18. The highest BCUT2D eigenvalue weighted by Crippen LogP contribution is 2.17. The molecule has 10 heteroatoms. The minimum atomic E-state index is -3.86. The number of carbonyl (C=O) groups excluding carboxylic acids is 3. The molecule has 0 saturated heterocycles. The van der Waals surface area contributed by atoms with Crippen LogP contribution in [-0.4, -0.2) is 39.0 Å². The fourth-order valence-electron chi connectivity index (χ4n) is 3.32. The van der Waals surface area contributed by atoms with Crippen molar-refractivity contribution in [2.45, 2.75) is 43.2 Å². The molecule has 1 saturated carbocycles. The monoisotopic (exact) mass is 459 g/mol. The Morgan fingerprint density at radius 3 is 2.41 bits per heavy atom. The molecule has 0 heterocycles. The van der Waals surface area contributed by atoms with E-state index < -0.39 is 34.5 Å². The van der Waals surface area contributed by atoms with Crippen molar-refractivity contribution in [3.8, 4) is 0 Å². The van der Waals surface area contributed by atoms with Crippen LogP contribution >= 0.6 is 0 Å². The van der Waals surface area contributed by atoms with Crippen LogP contribution in [0.3, 0.4) is 0 Å². The summed E-state index contributed by atoms with van der Waals surface area (Å²) in [6, 6.07) is 13.7. The zero-order valence-corrected chi connectivity index (χ0v) is 18.2. The van der Waals surface area contributed by atoms with E-state index in [0.29, 0.717) is 0 Å². The standard InChI is InChI=1S/C22H25N3O6S/c26-20(25-22(28)24-18-10-4-5-11-18)15-31-21(27)17-9-6-12-19(13-17)32(29,30)23-14-16-7-2-1-3-8-16/h1-3,6-9,12-13,18,23H,4-5,10-11,14-15H2,(H2,24,25,26,28). The number of nitrogens with one attached hydrogen (secondary N) is 3. The van der Waals surface area contributed by atoms with E-state index in [0.717, 1.165) is 31.2 Å². The van der Waals surface area contributed by atoms with Crippen molar-refractivity contribution in [3.63, 3.8) is 0 Å². The van der Waals surface area contributed by atoms with Crippen LogP contribution < -0.4 is 15.4 Å². The summed E-state index contributed by atoms with van der Waals surface area (Å²) in [5, 5.41) is 4.80. The topological polar surface area (TPSA) is 131 Å². The highest BCUT2D eigenvalue weighted by Gasteiger charge is 2.20. The van der Waals surface area contributed by atoms with Gasteiger partial charge in [-0.15, -0.1) is 0 Å². The first kappa shape index (κ1) is 23.4. The van der Waals surface area contributed by atoms with E-state index >= 15 is 0 Å². The molecule has 32 heavy (non-hydrogen) atoms. The quantitative estimate of drug-likeness (QED) is 0.518. The van der Waals surface area contributed by atoms with Gasteiger partial charge in [0.15, 0.2) is 6.61 Å². The van der Waals surface area contributed by atoms with Crippen LogP contribution in [0, 0.1) is 0 Å². The van der Waals surface area contributed by atoms with Crippen molar-refractivity contribution in [3.05, 3.63) is 65.7 Å². The van der Waals surface area contributed by atoms with Gasteiger partial charge < -0.3 is 10.1 Å². The SMILES string of the molecule is O=C(COC(=O)c1cccc(S(=O)(=O)NCc2ccccc2)c1)NC(=O)NC1CCCC1. The minimum Gasteiger partial charge on any atom is -0.452 e. The van der Waals surface area contributed by atoms with Crippen molar-refractivity contribution in [2.24, 2.45) is 0 Å². The number of benzene rings is 2. The first-order valence-electron chi connectivity index (χ1n) is 10.2. The summed E-state index contributed by atoms with van der Waals surface area (Å²) in [4.78, 5) is 35.8. The lowest BCUT2D eigenvalue weighted by atomic mass is 10.2. The molecule has 0 unspecified atom stereocenters. The lowest BCUT2D eigenvalue weighted by molar-refractivity contribution is -0.123. The van der Waals surface area contributed by atoms with Crippen LogP contribution in [0.25, 0.3) is 0 Å². The molecule has 170 valence electrons. The average Bonchev–Trinajstić information content (AvgIpc) is 3.30. The first-order chi connectivity index (χ1) is 15.3. The molecule has 0 bridgehead atoms. The third-order valence-electron chi connectivity index (χ3n) is 4.97. The molecule has 0 spiro atoms. The number of hydrogen-bond acceptors (Lipinski definition) is 6. The van der Waals surface area contributed by atoms with Crippen molar-refractivity contribution < 1.29 is 27.5 Å². The molecule has 0 atom stereocenters. The maximum atomic E-state index is 12.5. The molecule has 0 radical (unpaired) electrons.